The number of nitrogens with zero attached hydrogens (tertiary/aromatic N) is 1. The molecule has 0 atom stereocenters. The Bertz CT molecular complexity index is 1000. The molecule has 0 bridgehead atoms. The number of hydrogen-bond acceptors (Lipinski definition) is 2. The van der Waals surface area contributed by atoms with Crippen LogP contribution in [0.15, 0.2) is 66.7 Å². The maximum atomic E-state index is 14.0. The highest BCUT2D eigenvalue weighted by Crippen LogP contribution is 2.29. The molecule has 3 aromatic rings. The van der Waals surface area contributed by atoms with Gasteiger partial charge < -0.3 is 9.64 Å². The highest BCUT2D eigenvalue weighted by Gasteiger charge is 2.27. The molecule has 1 aliphatic rings. The number of carbonyl (C=O) groups is 1. The molecule has 3 aromatic carbocycles. The number of rotatable bonds is 5. The molecule has 1 heterocycles. The van der Waals surface area contributed by atoms with Gasteiger partial charge in [0, 0.05) is 34.8 Å². The second-order valence-corrected chi connectivity index (χ2v) is 7.20. The van der Waals surface area contributed by atoms with Gasteiger partial charge in [0.1, 0.15) is 18.2 Å². The zero-order chi connectivity index (χ0) is 19.5. The molecule has 1 aliphatic heterocycles. The number of fused-ring (bicyclic) bond motifs is 1. The van der Waals surface area contributed by atoms with Gasteiger partial charge >= 0.3 is 0 Å². The standard InChI is InChI=1S/C23H19ClFNO2/c24-18-10-8-16(9-11-18)15-28-22-7-3-5-20-19(22)12-13-26(23(20)27)14-17-4-1-2-6-21(17)25/h1-11H,12-15H2. The van der Waals surface area contributed by atoms with Crippen molar-refractivity contribution in [1.82, 2.24) is 4.90 Å². The summed E-state index contributed by atoms with van der Waals surface area (Å²) < 4.78 is 19.9. The average Bonchev–Trinajstić information content (AvgIpc) is 2.71. The van der Waals surface area contributed by atoms with Crippen LogP contribution in [0.1, 0.15) is 27.0 Å². The minimum absolute atomic E-state index is 0.0959. The smallest absolute Gasteiger partial charge is 0.254 e. The molecule has 0 unspecified atom stereocenters. The van der Waals surface area contributed by atoms with Gasteiger partial charge in [-0.25, -0.2) is 4.39 Å². The van der Waals surface area contributed by atoms with Gasteiger partial charge in [-0.1, -0.05) is 48.0 Å². The van der Waals surface area contributed by atoms with Crippen LogP contribution in [-0.4, -0.2) is 17.4 Å². The predicted octanol–water partition coefficient (Wildman–Crippen LogP) is 5.26. The number of halogens is 2. The third kappa shape index (κ3) is 3.87. The Hall–Kier alpha value is -2.85. The molecule has 0 spiro atoms. The maximum absolute atomic E-state index is 14.0. The summed E-state index contributed by atoms with van der Waals surface area (Å²) in [7, 11) is 0. The lowest BCUT2D eigenvalue weighted by atomic mass is 9.97. The van der Waals surface area contributed by atoms with Crippen molar-refractivity contribution in [2.45, 2.75) is 19.6 Å². The van der Waals surface area contributed by atoms with E-state index in [2.05, 4.69) is 0 Å². The second kappa shape index (κ2) is 8.03. The summed E-state index contributed by atoms with van der Waals surface area (Å²) in [5, 5.41) is 0.682. The number of ether oxygens (including phenoxy) is 1. The Morgan fingerprint density at radius 3 is 2.57 bits per heavy atom. The third-order valence-electron chi connectivity index (χ3n) is 4.91. The zero-order valence-electron chi connectivity index (χ0n) is 15.2. The van der Waals surface area contributed by atoms with Gasteiger partial charge in [0.15, 0.2) is 0 Å². The van der Waals surface area contributed by atoms with Crippen molar-refractivity contribution >= 4 is 17.5 Å². The Kier molecular flexibility index (Phi) is 5.31. The summed E-state index contributed by atoms with van der Waals surface area (Å²) in [5.41, 5.74) is 3.06. The molecule has 0 N–H and O–H groups in total. The van der Waals surface area contributed by atoms with Crippen molar-refractivity contribution in [3.63, 3.8) is 0 Å². The largest absolute Gasteiger partial charge is 0.489 e. The molecule has 0 saturated carbocycles. The first kappa shape index (κ1) is 18.5. The summed E-state index contributed by atoms with van der Waals surface area (Å²) in [6.07, 6.45) is 0.673. The zero-order valence-corrected chi connectivity index (χ0v) is 16.0. The van der Waals surface area contributed by atoms with Gasteiger partial charge in [-0.15, -0.1) is 0 Å². The van der Waals surface area contributed by atoms with Gasteiger partial charge in [-0.3, -0.25) is 4.79 Å². The molecule has 1 amide bonds. The van der Waals surface area contributed by atoms with E-state index in [9.17, 15) is 9.18 Å². The van der Waals surface area contributed by atoms with Gasteiger partial charge in [0.25, 0.3) is 5.91 Å². The number of amides is 1. The Morgan fingerprint density at radius 1 is 1.00 bits per heavy atom. The molecule has 0 saturated heterocycles. The van der Waals surface area contributed by atoms with E-state index >= 15 is 0 Å². The average molecular weight is 396 g/mol. The summed E-state index contributed by atoms with van der Waals surface area (Å²) in [4.78, 5) is 14.6. The Morgan fingerprint density at radius 2 is 1.79 bits per heavy atom. The van der Waals surface area contributed by atoms with Crippen LogP contribution >= 0.6 is 11.6 Å². The summed E-state index contributed by atoms with van der Waals surface area (Å²) in [5.74, 6) is 0.328. The predicted molar refractivity (Wildman–Crippen MR) is 107 cm³/mol. The Balaban J connectivity index is 1.51. The Labute approximate surface area is 168 Å². The minimum atomic E-state index is -0.291. The van der Waals surface area contributed by atoms with Crippen molar-refractivity contribution in [1.29, 1.82) is 0 Å². The van der Waals surface area contributed by atoms with Crippen molar-refractivity contribution in [3.8, 4) is 5.75 Å². The fourth-order valence-corrected chi connectivity index (χ4v) is 3.53. The van der Waals surface area contributed by atoms with Crippen LogP contribution in [0.4, 0.5) is 4.39 Å². The third-order valence-corrected chi connectivity index (χ3v) is 5.16. The van der Waals surface area contributed by atoms with Gasteiger partial charge in [0.05, 0.1) is 0 Å². The highest BCUT2D eigenvalue weighted by atomic mass is 35.5. The molecule has 0 aromatic heterocycles. The topological polar surface area (TPSA) is 29.5 Å². The van der Waals surface area contributed by atoms with Crippen LogP contribution in [-0.2, 0) is 19.6 Å². The summed E-state index contributed by atoms with van der Waals surface area (Å²) >= 11 is 5.91. The first-order chi connectivity index (χ1) is 13.6. The normalized spacial score (nSPS) is 13.4. The molecule has 0 fully saturated rings. The second-order valence-electron chi connectivity index (χ2n) is 6.77. The van der Waals surface area contributed by atoms with E-state index in [0.717, 1.165) is 11.1 Å². The molecule has 0 aliphatic carbocycles. The van der Waals surface area contributed by atoms with Gasteiger partial charge in [-0.05, 0) is 42.3 Å². The molecule has 28 heavy (non-hydrogen) atoms. The van der Waals surface area contributed by atoms with E-state index in [4.69, 9.17) is 16.3 Å². The molecule has 5 heteroatoms. The van der Waals surface area contributed by atoms with E-state index in [1.807, 2.05) is 36.4 Å². The first-order valence-corrected chi connectivity index (χ1v) is 9.51. The first-order valence-electron chi connectivity index (χ1n) is 9.13. The van der Waals surface area contributed by atoms with E-state index in [0.29, 0.717) is 41.5 Å². The summed E-state index contributed by atoms with van der Waals surface area (Å²) in [6.45, 7) is 1.20. The van der Waals surface area contributed by atoms with Gasteiger partial charge in [0.2, 0.25) is 0 Å². The van der Waals surface area contributed by atoms with Crippen LogP contribution in [0.2, 0.25) is 5.02 Å². The van der Waals surface area contributed by atoms with Crippen LogP contribution in [0.25, 0.3) is 0 Å². The number of carbonyl (C=O) groups excluding carboxylic acids is 1. The van der Waals surface area contributed by atoms with Crippen molar-refractivity contribution in [3.05, 3.63) is 99.8 Å². The number of benzene rings is 3. The molecule has 3 nitrogen and oxygen atoms in total. The minimum Gasteiger partial charge on any atom is -0.489 e. The molecular weight excluding hydrogens is 377 g/mol. The fourth-order valence-electron chi connectivity index (χ4n) is 3.40. The lowest BCUT2D eigenvalue weighted by molar-refractivity contribution is 0.0723. The number of hydrogen-bond donors (Lipinski definition) is 0. The van der Waals surface area contributed by atoms with Crippen molar-refractivity contribution < 1.29 is 13.9 Å². The lowest BCUT2D eigenvalue weighted by Crippen LogP contribution is -2.37. The van der Waals surface area contributed by atoms with Gasteiger partial charge in [-0.2, -0.15) is 0 Å². The van der Waals surface area contributed by atoms with Crippen LogP contribution < -0.4 is 4.74 Å². The summed E-state index contributed by atoms with van der Waals surface area (Å²) in [6, 6.07) is 19.5. The monoisotopic (exact) mass is 395 g/mol. The van der Waals surface area contributed by atoms with Crippen LogP contribution in [0.3, 0.4) is 0 Å². The maximum Gasteiger partial charge on any atom is 0.254 e. The highest BCUT2D eigenvalue weighted by molar-refractivity contribution is 6.30. The SMILES string of the molecule is O=C1c2cccc(OCc3ccc(Cl)cc3)c2CCN1Cc1ccccc1F. The van der Waals surface area contributed by atoms with E-state index in [1.54, 1.807) is 29.2 Å². The molecular formula is C23H19ClFNO2. The van der Waals surface area contributed by atoms with Crippen LogP contribution in [0, 0.1) is 5.82 Å². The quantitative estimate of drug-likeness (QED) is 0.590. The molecule has 142 valence electrons. The fraction of sp³-hybridized carbons (Fsp3) is 0.174. The lowest BCUT2D eigenvalue weighted by Gasteiger charge is -2.29. The van der Waals surface area contributed by atoms with E-state index in [1.165, 1.54) is 6.07 Å². The van der Waals surface area contributed by atoms with Crippen LogP contribution in [0.5, 0.6) is 5.75 Å². The molecule has 4 rings (SSSR count). The van der Waals surface area contributed by atoms with E-state index < -0.39 is 0 Å². The van der Waals surface area contributed by atoms with Crippen molar-refractivity contribution in [2.75, 3.05) is 6.54 Å². The van der Waals surface area contributed by atoms with Crippen molar-refractivity contribution in [2.24, 2.45) is 0 Å². The molecule has 0 radical (unpaired) electrons. The van der Waals surface area contributed by atoms with E-state index in [-0.39, 0.29) is 18.3 Å².